The van der Waals surface area contributed by atoms with Gasteiger partial charge in [0.1, 0.15) is 5.82 Å². The second-order valence-electron chi connectivity index (χ2n) is 9.36. The molecule has 180 valence electrons. The molecule has 0 amide bonds. The highest BCUT2D eigenvalue weighted by Crippen LogP contribution is 2.50. The van der Waals surface area contributed by atoms with Gasteiger partial charge in [-0.2, -0.15) is 0 Å². The van der Waals surface area contributed by atoms with Crippen molar-refractivity contribution >= 4 is 40.8 Å². The van der Waals surface area contributed by atoms with Crippen LogP contribution in [0, 0.1) is 12.3 Å². The first-order valence-electron chi connectivity index (χ1n) is 11.8. The summed E-state index contributed by atoms with van der Waals surface area (Å²) < 4.78 is 2.07. The third-order valence-electron chi connectivity index (χ3n) is 7.39. The second-order valence-corrected chi connectivity index (χ2v) is 10.8. The minimum Gasteiger partial charge on any atom is -0.372 e. The molecule has 1 atom stereocenters. The molecule has 3 N–H and O–H groups in total. The van der Waals surface area contributed by atoms with Crippen LogP contribution in [0.1, 0.15) is 35.8 Å². The number of piperidine rings is 1. The van der Waals surface area contributed by atoms with Crippen molar-refractivity contribution in [3.05, 3.63) is 65.0 Å². The molecule has 1 saturated heterocycles. The highest BCUT2D eigenvalue weighted by molar-refractivity contribution is 7.99. The summed E-state index contributed by atoms with van der Waals surface area (Å²) in [6.07, 6.45) is 10.4. The average Bonchev–Trinajstić information content (AvgIpc) is 3.45. The van der Waals surface area contributed by atoms with Gasteiger partial charge in [0.25, 0.3) is 0 Å². The fraction of sp³-hybridized carbons (Fsp3) is 0.360. The molecule has 10 heteroatoms. The predicted molar refractivity (Wildman–Crippen MR) is 139 cm³/mol. The minimum absolute atomic E-state index is 0.0420. The molecule has 1 spiro atoms. The van der Waals surface area contributed by atoms with Crippen LogP contribution in [0.25, 0.3) is 5.65 Å². The summed E-state index contributed by atoms with van der Waals surface area (Å²) in [6, 6.07) is 6.20. The van der Waals surface area contributed by atoms with E-state index in [1.807, 2.05) is 38.6 Å². The lowest BCUT2D eigenvalue weighted by atomic mass is 9.73. The number of nitrogens with zero attached hydrogens (tertiary/aromatic N) is 6. The van der Waals surface area contributed by atoms with Crippen LogP contribution in [0.3, 0.4) is 0 Å². The number of imidazole rings is 1. The van der Waals surface area contributed by atoms with Gasteiger partial charge in [-0.3, -0.25) is 9.38 Å². The van der Waals surface area contributed by atoms with Gasteiger partial charge in [0.15, 0.2) is 5.65 Å². The van der Waals surface area contributed by atoms with E-state index < -0.39 is 0 Å². The molecule has 1 fully saturated rings. The minimum atomic E-state index is 0.0420. The van der Waals surface area contributed by atoms with E-state index >= 15 is 0 Å². The van der Waals surface area contributed by atoms with Crippen LogP contribution in [0.4, 0.5) is 11.8 Å². The van der Waals surface area contributed by atoms with Crippen molar-refractivity contribution in [2.24, 2.45) is 11.1 Å². The van der Waals surface area contributed by atoms with Gasteiger partial charge in [-0.1, -0.05) is 29.4 Å². The lowest BCUT2D eigenvalue weighted by molar-refractivity contribution is 0.186. The Balaban J connectivity index is 1.24. The number of aryl methyl sites for hydroxylation is 1. The van der Waals surface area contributed by atoms with Gasteiger partial charge in [0.2, 0.25) is 5.95 Å². The lowest BCUT2D eigenvalue weighted by Gasteiger charge is -2.42. The molecule has 35 heavy (non-hydrogen) atoms. The zero-order valence-corrected chi connectivity index (χ0v) is 21.3. The van der Waals surface area contributed by atoms with Crippen LogP contribution in [-0.4, -0.2) is 44.5 Å². The molecule has 8 nitrogen and oxygen atoms in total. The highest BCUT2D eigenvalue weighted by Gasteiger charge is 2.47. The number of anilines is 2. The van der Waals surface area contributed by atoms with Gasteiger partial charge >= 0.3 is 0 Å². The van der Waals surface area contributed by atoms with E-state index in [1.165, 1.54) is 11.3 Å². The topological polar surface area (TPSA) is 97.3 Å². The van der Waals surface area contributed by atoms with Crippen molar-refractivity contribution in [3.63, 3.8) is 0 Å². The van der Waals surface area contributed by atoms with Crippen LogP contribution in [0.5, 0.6) is 0 Å². The lowest BCUT2D eigenvalue weighted by Crippen LogP contribution is -2.45. The van der Waals surface area contributed by atoms with Crippen LogP contribution < -0.4 is 16.0 Å². The summed E-state index contributed by atoms with van der Waals surface area (Å²) >= 11 is 8.08. The van der Waals surface area contributed by atoms with Crippen LogP contribution in [0.15, 0.2) is 52.8 Å². The molecule has 0 saturated carbocycles. The SMILES string of the molecule is CNc1nccc(Sc2cnc(N3CCC4(CC3)Cc3nc(C)ccc3[C@H]4N)n3ccnc23)c1Cl. The summed E-state index contributed by atoms with van der Waals surface area (Å²) in [5, 5.41) is 3.62. The van der Waals surface area contributed by atoms with Gasteiger partial charge in [-0.15, -0.1) is 0 Å². The number of hydrogen-bond acceptors (Lipinski definition) is 8. The maximum absolute atomic E-state index is 6.78. The normalized spacial score (nSPS) is 18.9. The van der Waals surface area contributed by atoms with Gasteiger partial charge in [0, 0.05) is 67.2 Å². The summed E-state index contributed by atoms with van der Waals surface area (Å²) in [4.78, 5) is 22.8. The van der Waals surface area contributed by atoms with E-state index in [0.29, 0.717) is 10.8 Å². The summed E-state index contributed by atoms with van der Waals surface area (Å²) in [7, 11) is 1.81. The Morgan fingerprint density at radius 1 is 1.11 bits per heavy atom. The van der Waals surface area contributed by atoms with Crippen molar-refractivity contribution in [2.45, 2.75) is 42.0 Å². The molecule has 1 aliphatic heterocycles. The van der Waals surface area contributed by atoms with Crippen molar-refractivity contribution in [1.82, 2.24) is 24.3 Å². The molecule has 6 rings (SSSR count). The van der Waals surface area contributed by atoms with E-state index in [1.54, 1.807) is 18.0 Å². The van der Waals surface area contributed by atoms with E-state index in [0.717, 1.165) is 59.4 Å². The van der Waals surface area contributed by atoms with Gasteiger partial charge < -0.3 is 16.0 Å². The summed E-state index contributed by atoms with van der Waals surface area (Å²) in [5.74, 6) is 1.56. The first-order chi connectivity index (χ1) is 17.0. The predicted octanol–water partition coefficient (Wildman–Crippen LogP) is 4.52. The maximum Gasteiger partial charge on any atom is 0.211 e. The zero-order valence-electron chi connectivity index (χ0n) is 19.7. The Bertz CT molecular complexity index is 1410. The van der Waals surface area contributed by atoms with E-state index in [2.05, 4.69) is 36.7 Å². The monoisotopic (exact) mass is 506 g/mol. The van der Waals surface area contributed by atoms with Crippen molar-refractivity contribution in [3.8, 4) is 0 Å². The van der Waals surface area contributed by atoms with Crippen molar-refractivity contribution < 1.29 is 0 Å². The molecular weight excluding hydrogens is 480 g/mol. The Kier molecular flexibility index (Phi) is 5.58. The highest BCUT2D eigenvalue weighted by atomic mass is 35.5. The summed E-state index contributed by atoms with van der Waals surface area (Å²) in [6.45, 7) is 3.84. The molecule has 4 aromatic heterocycles. The fourth-order valence-corrected chi connectivity index (χ4v) is 6.67. The molecule has 2 aliphatic rings. The first-order valence-corrected chi connectivity index (χ1v) is 13.0. The number of fused-ring (bicyclic) bond motifs is 2. The Morgan fingerprint density at radius 3 is 2.74 bits per heavy atom. The molecule has 1 aliphatic carbocycles. The smallest absolute Gasteiger partial charge is 0.211 e. The van der Waals surface area contributed by atoms with Gasteiger partial charge in [0.05, 0.1) is 9.92 Å². The van der Waals surface area contributed by atoms with E-state index in [9.17, 15) is 0 Å². The second kappa shape index (κ2) is 8.65. The quantitative estimate of drug-likeness (QED) is 0.417. The number of halogens is 1. The number of hydrogen-bond donors (Lipinski definition) is 2. The van der Waals surface area contributed by atoms with Gasteiger partial charge in [-0.05, 0) is 49.3 Å². The number of nitrogens with two attached hydrogens (primary N) is 1. The maximum atomic E-state index is 6.78. The Hall–Kier alpha value is -2.88. The third kappa shape index (κ3) is 3.73. The number of aromatic nitrogens is 5. The molecule has 0 aromatic carbocycles. The molecule has 4 aromatic rings. The molecule has 5 heterocycles. The molecular formula is C25H27ClN8S. The zero-order chi connectivity index (χ0) is 24.2. The number of pyridine rings is 2. The molecule has 0 unspecified atom stereocenters. The Morgan fingerprint density at radius 2 is 1.94 bits per heavy atom. The fourth-order valence-electron chi connectivity index (χ4n) is 5.45. The van der Waals surface area contributed by atoms with Crippen molar-refractivity contribution in [1.29, 1.82) is 0 Å². The van der Waals surface area contributed by atoms with Crippen LogP contribution in [-0.2, 0) is 6.42 Å². The number of rotatable bonds is 4. The largest absolute Gasteiger partial charge is 0.372 e. The standard InChI is InChI=1S/C25H27ClN8S/c1-15-3-4-16-17(32-15)13-25(21(16)27)6-10-33(11-7-25)24-31-14-19(23-30-9-12-34(23)24)35-18-5-8-29-22(28-2)20(18)26/h3-5,8-9,12,14,21H,6-7,10-11,13,27H2,1-2H3,(H,28,29)/t21-/m1/s1. The molecule has 0 bridgehead atoms. The van der Waals surface area contributed by atoms with E-state index in [-0.39, 0.29) is 11.5 Å². The summed E-state index contributed by atoms with van der Waals surface area (Å²) in [5.41, 5.74) is 11.2. The third-order valence-corrected chi connectivity index (χ3v) is 8.95. The van der Waals surface area contributed by atoms with Crippen LogP contribution in [0.2, 0.25) is 5.02 Å². The van der Waals surface area contributed by atoms with Crippen LogP contribution >= 0.6 is 23.4 Å². The average molecular weight is 507 g/mol. The van der Waals surface area contributed by atoms with Crippen molar-refractivity contribution in [2.75, 3.05) is 30.4 Å². The number of nitrogens with one attached hydrogen (secondary N) is 1. The van der Waals surface area contributed by atoms with Gasteiger partial charge in [-0.25, -0.2) is 15.0 Å². The Labute approximate surface area is 213 Å². The van der Waals surface area contributed by atoms with E-state index in [4.69, 9.17) is 27.3 Å². The molecule has 0 radical (unpaired) electrons. The first kappa shape index (κ1) is 22.6.